The average Bonchev–Trinajstić information content (AvgIpc) is 2.46. The molecule has 0 saturated carbocycles. The van der Waals surface area contributed by atoms with Gasteiger partial charge in [-0.1, -0.05) is 19.1 Å². The zero-order valence-electron chi connectivity index (χ0n) is 13.2. The van der Waals surface area contributed by atoms with Gasteiger partial charge in [-0.05, 0) is 38.0 Å². The molecule has 1 heterocycles. The molecule has 1 unspecified atom stereocenters. The van der Waals surface area contributed by atoms with E-state index >= 15 is 0 Å². The Hall–Kier alpha value is -1.55. The molecule has 1 aliphatic heterocycles. The van der Waals surface area contributed by atoms with Crippen molar-refractivity contribution in [3.63, 3.8) is 0 Å². The van der Waals surface area contributed by atoms with Gasteiger partial charge in [0, 0.05) is 31.7 Å². The Labute approximate surface area is 127 Å². The highest BCUT2D eigenvalue weighted by atomic mass is 16.3. The Kier molecular flexibility index (Phi) is 5.23. The molecule has 21 heavy (non-hydrogen) atoms. The zero-order valence-corrected chi connectivity index (χ0v) is 13.2. The first kappa shape index (κ1) is 15.8. The second-order valence-electron chi connectivity index (χ2n) is 6.08. The van der Waals surface area contributed by atoms with Crippen LogP contribution >= 0.6 is 0 Å². The van der Waals surface area contributed by atoms with Crippen molar-refractivity contribution in [1.29, 1.82) is 0 Å². The van der Waals surface area contributed by atoms with Crippen LogP contribution in [-0.2, 0) is 11.2 Å². The Morgan fingerprint density at radius 3 is 2.76 bits per heavy atom. The van der Waals surface area contributed by atoms with E-state index in [0.29, 0.717) is 18.5 Å². The van der Waals surface area contributed by atoms with Crippen molar-refractivity contribution in [1.82, 2.24) is 9.80 Å². The lowest BCUT2D eigenvalue weighted by Crippen LogP contribution is -2.56. The summed E-state index contributed by atoms with van der Waals surface area (Å²) in [6, 6.07) is 7.94. The van der Waals surface area contributed by atoms with Gasteiger partial charge in [0.1, 0.15) is 5.75 Å². The van der Waals surface area contributed by atoms with Crippen molar-refractivity contribution >= 4 is 5.91 Å². The first-order valence-electron chi connectivity index (χ1n) is 7.82. The molecule has 1 fully saturated rings. The van der Waals surface area contributed by atoms with E-state index in [-0.39, 0.29) is 11.7 Å². The van der Waals surface area contributed by atoms with Crippen LogP contribution in [0, 0.1) is 0 Å². The first-order chi connectivity index (χ1) is 10.0. The number of phenolic OH excluding ortho intramolecular Hbond substituents is 1. The summed E-state index contributed by atoms with van der Waals surface area (Å²) in [4.78, 5) is 16.9. The van der Waals surface area contributed by atoms with Crippen LogP contribution in [0.15, 0.2) is 24.3 Å². The maximum absolute atomic E-state index is 12.4. The number of nitrogens with zero attached hydrogens (tertiary/aromatic N) is 2. The third kappa shape index (κ3) is 3.97. The van der Waals surface area contributed by atoms with Crippen LogP contribution in [0.3, 0.4) is 0 Å². The largest absolute Gasteiger partial charge is 0.508 e. The average molecular weight is 290 g/mol. The molecule has 0 radical (unpaired) electrons. The maximum atomic E-state index is 12.4. The van der Waals surface area contributed by atoms with Crippen LogP contribution in [0.4, 0.5) is 0 Å². The molecule has 4 nitrogen and oxygen atoms in total. The molecule has 0 bridgehead atoms. The second kappa shape index (κ2) is 6.94. The highest BCUT2D eigenvalue weighted by molar-refractivity contribution is 5.79. The van der Waals surface area contributed by atoms with Gasteiger partial charge in [-0.2, -0.15) is 0 Å². The lowest BCUT2D eigenvalue weighted by molar-refractivity contribution is -0.134. The SMILES string of the molecule is CCC1CN(C(=O)Cc2cccc(O)c2)CCN1C(C)C. The Morgan fingerprint density at radius 2 is 2.14 bits per heavy atom. The molecule has 0 aromatic heterocycles. The van der Waals surface area contributed by atoms with Gasteiger partial charge >= 0.3 is 0 Å². The minimum atomic E-state index is 0.155. The van der Waals surface area contributed by atoms with E-state index in [2.05, 4.69) is 25.7 Å². The number of hydrogen-bond donors (Lipinski definition) is 1. The topological polar surface area (TPSA) is 43.8 Å². The molecular formula is C17H26N2O2. The summed E-state index contributed by atoms with van der Waals surface area (Å²) in [5.74, 6) is 0.374. The number of rotatable bonds is 4. The molecule has 4 heteroatoms. The van der Waals surface area contributed by atoms with Crippen molar-refractivity contribution in [2.75, 3.05) is 19.6 Å². The smallest absolute Gasteiger partial charge is 0.227 e. The zero-order chi connectivity index (χ0) is 15.4. The maximum Gasteiger partial charge on any atom is 0.227 e. The molecule has 1 amide bonds. The van der Waals surface area contributed by atoms with Gasteiger partial charge in [0.2, 0.25) is 5.91 Å². The van der Waals surface area contributed by atoms with E-state index in [1.165, 1.54) is 0 Å². The van der Waals surface area contributed by atoms with Gasteiger partial charge in [-0.25, -0.2) is 0 Å². The van der Waals surface area contributed by atoms with Crippen molar-refractivity contribution in [3.05, 3.63) is 29.8 Å². The van der Waals surface area contributed by atoms with Gasteiger partial charge in [0.15, 0.2) is 0 Å². The lowest BCUT2D eigenvalue weighted by atomic mass is 10.1. The standard InChI is InChI=1S/C17H26N2O2/c1-4-15-12-18(8-9-19(15)13(2)3)17(21)11-14-6-5-7-16(20)10-14/h5-7,10,13,15,20H,4,8-9,11-12H2,1-3H3. The predicted octanol–water partition coefficient (Wildman–Crippen LogP) is 2.27. The van der Waals surface area contributed by atoms with Gasteiger partial charge in [-0.3, -0.25) is 9.69 Å². The second-order valence-corrected chi connectivity index (χ2v) is 6.08. The monoisotopic (exact) mass is 290 g/mol. The Bertz CT molecular complexity index is 487. The van der Waals surface area contributed by atoms with Gasteiger partial charge in [0.25, 0.3) is 0 Å². The summed E-state index contributed by atoms with van der Waals surface area (Å²) < 4.78 is 0. The van der Waals surface area contributed by atoms with Crippen molar-refractivity contribution in [2.24, 2.45) is 0 Å². The van der Waals surface area contributed by atoms with Gasteiger partial charge in [-0.15, -0.1) is 0 Å². The minimum Gasteiger partial charge on any atom is -0.508 e. The molecule has 1 N–H and O–H groups in total. The van der Waals surface area contributed by atoms with Gasteiger partial charge < -0.3 is 10.0 Å². The number of carbonyl (C=O) groups is 1. The fourth-order valence-electron chi connectivity index (χ4n) is 3.09. The molecule has 2 rings (SSSR count). The lowest BCUT2D eigenvalue weighted by Gasteiger charge is -2.43. The highest BCUT2D eigenvalue weighted by Gasteiger charge is 2.29. The molecule has 1 aromatic carbocycles. The fraction of sp³-hybridized carbons (Fsp3) is 0.588. The van der Waals surface area contributed by atoms with E-state index in [0.717, 1.165) is 31.6 Å². The van der Waals surface area contributed by atoms with Crippen molar-refractivity contribution in [2.45, 2.75) is 45.7 Å². The third-order valence-electron chi connectivity index (χ3n) is 4.28. The van der Waals surface area contributed by atoms with Crippen LogP contribution in [0.1, 0.15) is 32.8 Å². The number of aromatic hydroxyl groups is 1. The normalized spacial score (nSPS) is 20.0. The molecule has 1 atom stereocenters. The van der Waals surface area contributed by atoms with Crippen LogP contribution in [-0.4, -0.2) is 52.5 Å². The van der Waals surface area contributed by atoms with E-state index in [9.17, 15) is 9.90 Å². The molecule has 116 valence electrons. The number of hydrogen-bond acceptors (Lipinski definition) is 3. The predicted molar refractivity (Wildman–Crippen MR) is 84.3 cm³/mol. The van der Waals surface area contributed by atoms with Crippen LogP contribution in [0.25, 0.3) is 0 Å². The quantitative estimate of drug-likeness (QED) is 0.925. The Balaban J connectivity index is 1.98. The highest BCUT2D eigenvalue weighted by Crippen LogP contribution is 2.18. The van der Waals surface area contributed by atoms with Gasteiger partial charge in [0.05, 0.1) is 6.42 Å². The Morgan fingerprint density at radius 1 is 1.38 bits per heavy atom. The number of carbonyl (C=O) groups excluding carboxylic acids is 1. The van der Waals surface area contributed by atoms with E-state index in [1.807, 2.05) is 11.0 Å². The van der Waals surface area contributed by atoms with E-state index < -0.39 is 0 Å². The molecule has 1 aromatic rings. The van der Waals surface area contributed by atoms with Crippen LogP contribution < -0.4 is 0 Å². The third-order valence-corrected chi connectivity index (χ3v) is 4.28. The van der Waals surface area contributed by atoms with Crippen molar-refractivity contribution < 1.29 is 9.90 Å². The number of piperazine rings is 1. The first-order valence-corrected chi connectivity index (χ1v) is 7.82. The van der Waals surface area contributed by atoms with E-state index in [1.54, 1.807) is 18.2 Å². The molecule has 0 aliphatic carbocycles. The summed E-state index contributed by atoms with van der Waals surface area (Å²) in [5.41, 5.74) is 0.874. The minimum absolute atomic E-state index is 0.155. The van der Waals surface area contributed by atoms with E-state index in [4.69, 9.17) is 0 Å². The summed E-state index contributed by atoms with van der Waals surface area (Å²) in [7, 11) is 0. The number of phenols is 1. The van der Waals surface area contributed by atoms with Crippen LogP contribution in [0.5, 0.6) is 5.75 Å². The molecule has 0 spiro atoms. The molecular weight excluding hydrogens is 264 g/mol. The fourth-order valence-corrected chi connectivity index (χ4v) is 3.09. The number of amides is 1. The number of benzene rings is 1. The van der Waals surface area contributed by atoms with Crippen molar-refractivity contribution in [3.8, 4) is 5.75 Å². The molecule has 1 aliphatic rings. The summed E-state index contributed by atoms with van der Waals surface area (Å²) in [6.45, 7) is 9.17. The summed E-state index contributed by atoms with van der Waals surface area (Å²) in [6.07, 6.45) is 1.43. The summed E-state index contributed by atoms with van der Waals surface area (Å²) in [5, 5.41) is 9.48. The molecule has 1 saturated heterocycles. The van der Waals surface area contributed by atoms with Crippen LogP contribution in [0.2, 0.25) is 0 Å². The summed E-state index contributed by atoms with van der Waals surface area (Å²) >= 11 is 0.